The van der Waals surface area contributed by atoms with E-state index in [2.05, 4.69) is 5.32 Å². The molecule has 0 radical (unpaired) electrons. The highest BCUT2D eigenvalue weighted by atomic mass is 35.5. The summed E-state index contributed by atoms with van der Waals surface area (Å²) in [4.78, 5) is 37.8. The summed E-state index contributed by atoms with van der Waals surface area (Å²) in [7, 11) is -3.23. The molecule has 11 nitrogen and oxygen atoms in total. The fourth-order valence-electron chi connectivity index (χ4n) is 4.60. The minimum atomic E-state index is -4.56. The number of carbonyl (C=O) groups is 2. The molecule has 0 spiro atoms. The summed E-state index contributed by atoms with van der Waals surface area (Å²) in [6.45, 7) is 2.58. The molecule has 0 saturated heterocycles. The van der Waals surface area contributed by atoms with Crippen molar-refractivity contribution in [3.8, 4) is 5.75 Å². The van der Waals surface area contributed by atoms with Crippen molar-refractivity contribution in [3.05, 3.63) is 73.1 Å². The smallest absolute Gasteiger partial charge is 0.341 e. The minimum absolute atomic E-state index is 0.0468. The van der Waals surface area contributed by atoms with Crippen LogP contribution in [0.15, 0.2) is 41.3 Å². The average Bonchev–Trinajstić information content (AvgIpc) is 3.29. The van der Waals surface area contributed by atoms with Gasteiger partial charge in [0.15, 0.2) is 0 Å². The molecule has 0 aliphatic heterocycles. The highest BCUT2D eigenvalue weighted by Gasteiger charge is 2.33. The number of aryl methyl sites for hydroxylation is 2. The third-order valence-electron chi connectivity index (χ3n) is 6.57. The molecule has 0 fully saturated rings. The van der Waals surface area contributed by atoms with Crippen LogP contribution in [0.5, 0.6) is 5.75 Å². The van der Waals surface area contributed by atoms with E-state index in [1.54, 1.807) is 6.92 Å². The Morgan fingerprint density at radius 1 is 1.17 bits per heavy atom. The number of ether oxygens (including phenoxy) is 2. The number of fused-ring (bicyclic) bond motifs is 1. The predicted octanol–water partition coefficient (Wildman–Crippen LogP) is 5.52. The number of rotatable bonds is 10. The Balaban J connectivity index is 1.77. The van der Waals surface area contributed by atoms with Crippen molar-refractivity contribution in [2.24, 2.45) is 0 Å². The number of nitrogens with one attached hydrogen (secondary N) is 1. The number of hydrogen-bond acceptors (Lipinski definition) is 9. The number of anilines is 2. The predicted molar refractivity (Wildman–Crippen MR) is 156 cm³/mol. The van der Waals surface area contributed by atoms with E-state index < -0.39 is 44.0 Å². The molecular formula is C27H28ClN3O8S2. The summed E-state index contributed by atoms with van der Waals surface area (Å²) in [5, 5.41) is 14.7. The van der Waals surface area contributed by atoms with Crippen molar-refractivity contribution >= 4 is 61.2 Å². The number of nitro groups is 1. The van der Waals surface area contributed by atoms with Crippen LogP contribution < -0.4 is 14.4 Å². The van der Waals surface area contributed by atoms with Crippen molar-refractivity contribution in [3.63, 3.8) is 0 Å². The Labute approximate surface area is 246 Å². The van der Waals surface area contributed by atoms with E-state index in [4.69, 9.17) is 21.1 Å². The molecule has 0 atom stereocenters. The van der Waals surface area contributed by atoms with Gasteiger partial charge in [-0.05, 0) is 69.4 Å². The normalized spacial score (nSPS) is 12.8. The molecular weight excluding hydrogens is 594 g/mol. The summed E-state index contributed by atoms with van der Waals surface area (Å²) < 4.78 is 39.3. The number of halogens is 1. The molecule has 1 N–H and O–H groups in total. The van der Waals surface area contributed by atoms with Crippen molar-refractivity contribution < 1.29 is 32.4 Å². The Hall–Kier alpha value is -3.68. The van der Waals surface area contributed by atoms with Crippen LogP contribution >= 0.6 is 22.9 Å². The molecule has 4 rings (SSSR count). The lowest BCUT2D eigenvalue weighted by molar-refractivity contribution is -0.385. The van der Waals surface area contributed by atoms with Gasteiger partial charge in [-0.15, -0.1) is 11.3 Å². The van der Waals surface area contributed by atoms with Crippen LogP contribution in [-0.2, 0) is 32.4 Å². The zero-order valence-corrected chi connectivity index (χ0v) is 25.0. The zero-order valence-electron chi connectivity index (χ0n) is 22.6. The molecule has 1 aromatic heterocycles. The van der Waals surface area contributed by atoms with Gasteiger partial charge >= 0.3 is 5.97 Å². The first-order valence-corrected chi connectivity index (χ1v) is 15.3. The number of hydrogen-bond donors (Lipinski definition) is 1. The third-order valence-corrected chi connectivity index (χ3v) is 9.76. The summed E-state index contributed by atoms with van der Waals surface area (Å²) in [6, 6.07) is 7.75. The van der Waals surface area contributed by atoms with Crippen LogP contribution in [0.25, 0.3) is 0 Å². The van der Waals surface area contributed by atoms with Crippen LogP contribution in [0.3, 0.4) is 0 Å². The zero-order chi connectivity index (χ0) is 29.9. The van der Waals surface area contributed by atoms with Gasteiger partial charge in [0.05, 0.1) is 34.8 Å². The maximum atomic E-state index is 14.0. The maximum Gasteiger partial charge on any atom is 0.341 e. The first-order valence-electron chi connectivity index (χ1n) is 12.7. The summed E-state index contributed by atoms with van der Waals surface area (Å²) in [6.07, 6.45) is 3.27. The van der Waals surface area contributed by atoms with Gasteiger partial charge in [-0.2, -0.15) is 0 Å². The van der Waals surface area contributed by atoms with Crippen molar-refractivity contribution in [1.82, 2.24) is 0 Å². The summed E-state index contributed by atoms with van der Waals surface area (Å²) in [5.74, 6) is -1.21. The van der Waals surface area contributed by atoms with E-state index in [-0.39, 0.29) is 39.2 Å². The summed E-state index contributed by atoms with van der Waals surface area (Å²) >= 11 is 7.46. The second-order valence-electron chi connectivity index (χ2n) is 9.22. The number of sulfonamides is 1. The second-order valence-corrected chi connectivity index (χ2v) is 12.6. The maximum absolute atomic E-state index is 14.0. The van der Waals surface area contributed by atoms with Crippen LogP contribution in [0.4, 0.5) is 16.4 Å². The van der Waals surface area contributed by atoms with Gasteiger partial charge in [0.2, 0.25) is 5.91 Å². The topological polar surface area (TPSA) is 145 Å². The van der Waals surface area contributed by atoms with Gasteiger partial charge in [-0.3, -0.25) is 19.2 Å². The second kappa shape index (κ2) is 12.5. The molecule has 1 aliphatic carbocycles. The Bertz CT molecular complexity index is 1620. The molecule has 14 heteroatoms. The van der Waals surface area contributed by atoms with E-state index in [0.717, 1.165) is 40.1 Å². The van der Waals surface area contributed by atoms with Crippen LogP contribution in [0.2, 0.25) is 5.02 Å². The lowest BCUT2D eigenvalue weighted by Crippen LogP contribution is -2.38. The molecule has 0 saturated carbocycles. The van der Waals surface area contributed by atoms with Gasteiger partial charge in [-0.25, -0.2) is 13.2 Å². The highest BCUT2D eigenvalue weighted by molar-refractivity contribution is 7.92. The van der Waals surface area contributed by atoms with Crippen molar-refractivity contribution in [2.75, 3.05) is 29.9 Å². The minimum Gasteiger partial charge on any atom is -0.495 e. The highest BCUT2D eigenvalue weighted by Crippen LogP contribution is 2.39. The van der Waals surface area contributed by atoms with E-state index in [0.29, 0.717) is 6.42 Å². The standard InChI is InChI=1S/C27H28ClN3O8S2/c1-4-39-27(33)25-19-7-5-6-8-23(19)40-26(25)29-24(32)15-30(21-13-17(28)10-12-22(21)38-3)41(36,37)18-11-9-16(2)20(14-18)31(34)35/h9-14H,4-8,15H2,1-3H3,(H,29,32). The molecule has 1 heterocycles. The lowest BCUT2D eigenvalue weighted by atomic mass is 9.95. The fourth-order valence-corrected chi connectivity index (χ4v) is 7.50. The largest absolute Gasteiger partial charge is 0.495 e. The molecule has 0 unspecified atom stereocenters. The molecule has 3 aromatic rings. The first kappa shape index (κ1) is 30.3. The van der Waals surface area contributed by atoms with E-state index in [9.17, 15) is 28.1 Å². The van der Waals surface area contributed by atoms with E-state index >= 15 is 0 Å². The third kappa shape index (κ3) is 6.31. The van der Waals surface area contributed by atoms with Crippen molar-refractivity contribution in [1.29, 1.82) is 0 Å². The Kier molecular flexibility index (Phi) is 9.20. The molecule has 218 valence electrons. The van der Waals surface area contributed by atoms with Crippen LogP contribution in [0, 0.1) is 17.0 Å². The number of carbonyl (C=O) groups excluding carboxylic acids is 2. The quantitative estimate of drug-likeness (QED) is 0.177. The molecule has 1 aliphatic rings. The molecule has 41 heavy (non-hydrogen) atoms. The molecule has 0 bridgehead atoms. The van der Waals surface area contributed by atoms with Crippen LogP contribution in [0.1, 0.15) is 46.1 Å². The van der Waals surface area contributed by atoms with E-state index in [1.807, 2.05) is 0 Å². The lowest BCUT2D eigenvalue weighted by Gasteiger charge is -2.26. The fraction of sp³-hybridized carbons (Fsp3) is 0.333. The van der Waals surface area contributed by atoms with Gasteiger partial charge in [0, 0.05) is 21.5 Å². The number of methoxy groups -OCH3 is 1. The van der Waals surface area contributed by atoms with Gasteiger partial charge in [-0.1, -0.05) is 17.7 Å². The molecule has 1 amide bonds. The average molecular weight is 622 g/mol. The SMILES string of the molecule is CCOC(=O)c1c(NC(=O)CN(c2cc(Cl)ccc2OC)S(=O)(=O)c2ccc(C)c([N+](=O)[O-])c2)sc2c1CCCC2. The summed E-state index contributed by atoms with van der Waals surface area (Å²) in [5.41, 5.74) is 0.949. The molecule has 2 aromatic carbocycles. The van der Waals surface area contributed by atoms with Crippen molar-refractivity contribution in [2.45, 2.75) is 44.4 Å². The first-order chi connectivity index (χ1) is 19.5. The van der Waals surface area contributed by atoms with Gasteiger partial charge in [0.25, 0.3) is 15.7 Å². The number of nitrogens with zero attached hydrogens (tertiary/aromatic N) is 2. The number of benzene rings is 2. The Morgan fingerprint density at radius 2 is 1.90 bits per heavy atom. The van der Waals surface area contributed by atoms with Gasteiger partial charge in [0.1, 0.15) is 17.3 Å². The number of thiophene rings is 1. The van der Waals surface area contributed by atoms with E-state index in [1.165, 1.54) is 55.7 Å². The monoisotopic (exact) mass is 621 g/mol. The van der Waals surface area contributed by atoms with Crippen LogP contribution in [-0.4, -0.2) is 45.5 Å². The number of amides is 1. The Morgan fingerprint density at radius 3 is 2.59 bits per heavy atom. The number of nitro benzene ring substituents is 1. The number of esters is 1. The van der Waals surface area contributed by atoms with Gasteiger partial charge < -0.3 is 14.8 Å².